The molecule has 0 bridgehead atoms. The fourth-order valence-electron chi connectivity index (χ4n) is 2.19. The summed E-state index contributed by atoms with van der Waals surface area (Å²) in [7, 11) is 0. The molecule has 2 aromatic carbocycles. The summed E-state index contributed by atoms with van der Waals surface area (Å²) in [5, 5.41) is 6.15. The maximum Gasteiger partial charge on any atom is 0.229 e. The van der Waals surface area contributed by atoms with Crippen molar-refractivity contribution in [1.82, 2.24) is 9.97 Å². The molecule has 0 saturated heterocycles. The summed E-state index contributed by atoms with van der Waals surface area (Å²) >= 11 is 3.51. The van der Waals surface area contributed by atoms with Crippen LogP contribution in [0.25, 0.3) is 0 Å². The minimum atomic E-state index is -0.348. The lowest BCUT2D eigenvalue weighted by atomic mass is 10.2. The highest BCUT2D eigenvalue weighted by atomic mass is 79.9. The Morgan fingerprint density at radius 2 is 1.75 bits per heavy atom. The van der Waals surface area contributed by atoms with Gasteiger partial charge in [0, 0.05) is 21.9 Å². The first kappa shape index (κ1) is 16.4. The van der Waals surface area contributed by atoms with Gasteiger partial charge < -0.3 is 10.6 Å². The molecule has 0 amide bonds. The third-order valence-electron chi connectivity index (χ3n) is 3.42. The smallest absolute Gasteiger partial charge is 0.229 e. The van der Waals surface area contributed by atoms with Crippen molar-refractivity contribution in [2.45, 2.75) is 13.8 Å². The van der Waals surface area contributed by atoms with Gasteiger partial charge in [0.2, 0.25) is 5.95 Å². The Bertz CT molecular complexity index is 883. The monoisotopic (exact) mass is 386 g/mol. The number of hydrogen-bond acceptors (Lipinski definition) is 4. The molecule has 24 heavy (non-hydrogen) atoms. The number of aryl methyl sites for hydroxylation is 2. The van der Waals surface area contributed by atoms with Crippen molar-refractivity contribution in [3.63, 3.8) is 0 Å². The van der Waals surface area contributed by atoms with Crippen molar-refractivity contribution in [3.8, 4) is 0 Å². The van der Waals surface area contributed by atoms with Gasteiger partial charge in [-0.05, 0) is 43.7 Å². The van der Waals surface area contributed by atoms with Crippen LogP contribution in [0.3, 0.4) is 0 Å². The van der Waals surface area contributed by atoms with Crippen LogP contribution in [0.5, 0.6) is 0 Å². The van der Waals surface area contributed by atoms with Crippen LogP contribution < -0.4 is 10.6 Å². The Hall–Kier alpha value is -2.47. The van der Waals surface area contributed by atoms with Crippen LogP contribution in [-0.2, 0) is 0 Å². The number of halogens is 2. The van der Waals surface area contributed by atoms with Crippen LogP contribution in [0.4, 0.5) is 27.5 Å². The first-order valence-electron chi connectivity index (χ1n) is 7.42. The second-order valence-corrected chi connectivity index (χ2v) is 6.27. The summed E-state index contributed by atoms with van der Waals surface area (Å²) in [6, 6.07) is 14.2. The van der Waals surface area contributed by atoms with Crippen LogP contribution in [0.15, 0.2) is 53.0 Å². The predicted octanol–water partition coefficient (Wildman–Crippen LogP) is 5.48. The molecule has 3 rings (SSSR count). The van der Waals surface area contributed by atoms with Crippen molar-refractivity contribution < 1.29 is 4.39 Å². The van der Waals surface area contributed by atoms with Crippen LogP contribution in [-0.4, -0.2) is 9.97 Å². The van der Waals surface area contributed by atoms with E-state index in [1.165, 1.54) is 6.07 Å². The average Bonchev–Trinajstić information content (AvgIpc) is 2.53. The molecule has 0 aliphatic carbocycles. The molecule has 3 aromatic rings. The van der Waals surface area contributed by atoms with Crippen molar-refractivity contribution in [1.29, 1.82) is 0 Å². The van der Waals surface area contributed by atoms with Crippen LogP contribution >= 0.6 is 15.9 Å². The van der Waals surface area contributed by atoms with Gasteiger partial charge in [-0.25, -0.2) is 9.37 Å². The Morgan fingerprint density at radius 3 is 2.50 bits per heavy atom. The Morgan fingerprint density at radius 1 is 0.958 bits per heavy atom. The minimum Gasteiger partial charge on any atom is -0.340 e. The average molecular weight is 387 g/mol. The molecule has 0 fully saturated rings. The summed E-state index contributed by atoms with van der Waals surface area (Å²) in [4.78, 5) is 8.71. The lowest BCUT2D eigenvalue weighted by Gasteiger charge is -2.11. The van der Waals surface area contributed by atoms with Gasteiger partial charge in [0.15, 0.2) is 0 Å². The third-order valence-corrected chi connectivity index (χ3v) is 4.27. The van der Waals surface area contributed by atoms with E-state index in [9.17, 15) is 4.39 Å². The molecular weight excluding hydrogens is 371 g/mol. The van der Waals surface area contributed by atoms with Crippen LogP contribution in [0.1, 0.15) is 11.3 Å². The number of anilines is 4. The summed E-state index contributed by atoms with van der Waals surface area (Å²) in [6.45, 7) is 3.89. The highest BCUT2D eigenvalue weighted by Gasteiger charge is 2.07. The predicted molar refractivity (Wildman–Crippen MR) is 98.6 cm³/mol. The molecule has 1 aromatic heterocycles. The van der Waals surface area contributed by atoms with E-state index < -0.39 is 0 Å². The van der Waals surface area contributed by atoms with Gasteiger partial charge in [0.1, 0.15) is 11.6 Å². The largest absolute Gasteiger partial charge is 0.340 e. The number of para-hydroxylation sites is 1. The Labute approximate surface area is 148 Å². The quantitative estimate of drug-likeness (QED) is 0.622. The summed E-state index contributed by atoms with van der Waals surface area (Å²) < 4.78 is 14.8. The highest BCUT2D eigenvalue weighted by Crippen LogP contribution is 2.24. The maximum atomic E-state index is 13.8. The lowest BCUT2D eigenvalue weighted by molar-refractivity contribution is 0.631. The fourth-order valence-corrected chi connectivity index (χ4v) is 2.57. The fraction of sp³-hybridized carbons (Fsp3) is 0.111. The van der Waals surface area contributed by atoms with Crippen molar-refractivity contribution >= 4 is 39.1 Å². The minimum absolute atomic E-state index is 0.340. The van der Waals surface area contributed by atoms with E-state index in [1.54, 1.807) is 18.2 Å². The molecule has 0 saturated carbocycles. The molecular formula is C18H16BrFN4. The number of hydrogen-bond donors (Lipinski definition) is 2. The zero-order valence-corrected chi connectivity index (χ0v) is 14.9. The molecule has 1 heterocycles. The van der Waals surface area contributed by atoms with Crippen molar-refractivity contribution in [2.24, 2.45) is 0 Å². The molecule has 0 aliphatic rings. The van der Waals surface area contributed by atoms with E-state index in [2.05, 4.69) is 36.5 Å². The number of nitrogens with one attached hydrogen (secondary N) is 2. The second-order valence-electron chi connectivity index (χ2n) is 5.41. The van der Waals surface area contributed by atoms with Gasteiger partial charge in [-0.1, -0.05) is 34.1 Å². The third kappa shape index (κ3) is 3.89. The second kappa shape index (κ2) is 6.97. The molecule has 122 valence electrons. The van der Waals surface area contributed by atoms with Crippen molar-refractivity contribution in [3.05, 3.63) is 70.1 Å². The van der Waals surface area contributed by atoms with Gasteiger partial charge in [-0.2, -0.15) is 4.98 Å². The number of rotatable bonds is 4. The Kier molecular flexibility index (Phi) is 4.76. The molecule has 0 atom stereocenters. The number of aromatic nitrogens is 2. The summed E-state index contributed by atoms with van der Waals surface area (Å²) in [5.41, 5.74) is 3.17. The standard InChI is InChI=1S/C18H16BrFN4/c1-11-7-8-13(10-14(11)19)22-17-9-12(2)21-18(24-17)23-16-6-4-3-5-15(16)20/h3-10H,1-2H3,(H2,21,22,23,24). The molecule has 2 N–H and O–H groups in total. The van der Waals surface area contributed by atoms with Crippen molar-refractivity contribution in [2.75, 3.05) is 10.6 Å². The van der Waals surface area contributed by atoms with E-state index >= 15 is 0 Å². The molecule has 0 radical (unpaired) electrons. The van der Waals surface area contributed by atoms with Crippen LogP contribution in [0.2, 0.25) is 0 Å². The molecule has 0 unspecified atom stereocenters. The van der Waals surface area contributed by atoms with E-state index in [4.69, 9.17) is 0 Å². The first-order chi connectivity index (χ1) is 11.5. The van der Waals surface area contributed by atoms with Gasteiger partial charge in [0.25, 0.3) is 0 Å². The zero-order valence-electron chi connectivity index (χ0n) is 13.3. The topological polar surface area (TPSA) is 49.8 Å². The van der Waals surface area contributed by atoms with Gasteiger partial charge in [-0.15, -0.1) is 0 Å². The van der Waals surface area contributed by atoms with Gasteiger partial charge in [-0.3, -0.25) is 0 Å². The summed E-state index contributed by atoms with van der Waals surface area (Å²) in [6.07, 6.45) is 0. The number of nitrogens with zero attached hydrogens (tertiary/aromatic N) is 2. The Balaban J connectivity index is 1.86. The normalized spacial score (nSPS) is 10.5. The molecule has 0 aliphatic heterocycles. The zero-order chi connectivity index (χ0) is 17.1. The van der Waals surface area contributed by atoms with E-state index in [1.807, 2.05) is 38.1 Å². The van der Waals surface area contributed by atoms with Gasteiger partial charge >= 0.3 is 0 Å². The number of benzene rings is 2. The molecule has 4 nitrogen and oxygen atoms in total. The lowest BCUT2D eigenvalue weighted by Crippen LogP contribution is -2.03. The summed E-state index contributed by atoms with van der Waals surface area (Å²) in [5.74, 6) is 0.630. The van der Waals surface area contributed by atoms with Crippen LogP contribution in [0, 0.1) is 19.7 Å². The van der Waals surface area contributed by atoms with E-state index in [-0.39, 0.29) is 5.82 Å². The maximum absolute atomic E-state index is 13.8. The van der Waals surface area contributed by atoms with Gasteiger partial charge in [0.05, 0.1) is 5.69 Å². The SMILES string of the molecule is Cc1cc(Nc2ccc(C)c(Br)c2)nc(Nc2ccccc2F)n1. The molecule has 6 heteroatoms. The molecule has 0 spiro atoms. The van der Waals surface area contributed by atoms with E-state index in [0.717, 1.165) is 21.4 Å². The van der Waals surface area contributed by atoms with E-state index in [0.29, 0.717) is 17.5 Å². The highest BCUT2D eigenvalue weighted by molar-refractivity contribution is 9.10. The first-order valence-corrected chi connectivity index (χ1v) is 8.21.